The van der Waals surface area contributed by atoms with Crippen LogP contribution in [-0.4, -0.2) is 44.8 Å². The van der Waals surface area contributed by atoms with Crippen LogP contribution in [0.3, 0.4) is 0 Å². The minimum atomic E-state index is -0.747. The number of hydrogen-bond donors (Lipinski definition) is 0. The van der Waals surface area contributed by atoms with Gasteiger partial charge in [-0.05, 0) is 107 Å². The van der Waals surface area contributed by atoms with Gasteiger partial charge in [0.05, 0.1) is 12.2 Å². The Kier molecular flexibility index (Phi) is 12.0. The summed E-state index contributed by atoms with van der Waals surface area (Å²) in [6.07, 6.45) is 10.7. The van der Waals surface area contributed by atoms with Crippen LogP contribution in [0.4, 0.5) is 0 Å². The second-order valence-corrected chi connectivity index (χ2v) is 17.2. The molecule has 0 spiro atoms. The Hall–Kier alpha value is -1.61. The molecule has 240 valence electrons. The van der Waals surface area contributed by atoms with Crippen LogP contribution in [-0.2, 0) is 20.3 Å². The minimum Gasteiger partial charge on any atom is -0.490 e. The zero-order valence-corrected chi connectivity index (χ0v) is 29.6. The fourth-order valence-corrected chi connectivity index (χ4v) is 9.20. The van der Waals surface area contributed by atoms with Crippen LogP contribution < -0.4 is 20.1 Å². The summed E-state index contributed by atoms with van der Waals surface area (Å²) < 4.78 is 26.1. The fourth-order valence-electron chi connectivity index (χ4n) is 6.24. The van der Waals surface area contributed by atoms with Gasteiger partial charge in [0, 0.05) is 34.9 Å². The second-order valence-electron chi connectivity index (χ2n) is 14.9. The molecule has 0 radical (unpaired) electrons. The van der Waals surface area contributed by atoms with Gasteiger partial charge in [0.15, 0.2) is 0 Å². The largest absolute Gasteiger partial charge is 0.490 e. The zero-order chi connectivity index (χ0) is 31.2. The molecule has 0 N–H and O–H groups in total. The van der Waals surface area contributed by atoms with Gasteiger partial charge in [-0.25, -0.2) is 0 Å². The third kappa shape index (κ3) is 9.21. The lowest BCUT2D eigenvalue weighted by atomic mass is 9.85. The van der Waals surface area contributed by atoms with E-state index in [0.717, 1.165) is 63.0 Å². The van der Waals surface area contributed by atoms with Crippen molar-refractivity contribution in [1.29, 1.82) is 0 Å². The molecular weight excluding hydrogens is 551 g/mol. The standard InChI is InChI=1S/C38H59O4P/c1-10-11-20-43(33-23-27(2)21-31(37(4,5)6)35(33)41-25-29-16-12-14-18-39-29)34-24-28(3)22-32(38(7,8)9)36(34)42-26-30-17-13-15-19-40-30/h21-24,29-30H,10-20,25-26H2,1-9H3. The highest BCUT2D eigenvalue weighted by Gasteiger charge is 2.32. The van der Waals surface area contributed by atoms with Crippen molar-refractivity contribution in [3.63, 3.8) is 0 Å². The first-order valence-electron chi connectivity index (χ1n) is 16.9. The molecule has 4 nitrogen and oxygen atoms in total. The Labute approximate surface area is 264 Å². The maximum Gasteiger partial charge on any atom is 0.131 e. The van der Waals surface area contributed by atoms with E-state index in [1.165, 1.54) is 52.1 Å². The first-order valence-corrected chi connectivity index (χ1v) is 18.5. The Morgan fingerprint density at radius 1 is 0.698 bits per heavy atom. The summed E-state index contributed by atoms with van der Waals surface area (Å²) in [5.41, 5.74) is 5.10. The zero-order valence-electron chi connectivity index (χ0n) is 28.7. The van der Waals surface area contributed by atoms with Crippen molar-refractivity contribution in [1.82, 2.24) is 0 Å². The molecule has 0 bridgehead atoms. The molecule has 2 aliphatic rings. The predicted molar refractivity (Wildman–Crippen MR) is 184 cm³/mol. The van der Waals surface area contributed by atoms with Crippen LogP contribution >= 0.6 is 7.92 Å². The Bertz CT molecular complexity index is 1090. The van der Waals surface area contributed by atoms with E-state index in [1.807, 2.05) is 0 Å². The summed E-state index contributed by atoms with van der Waals surface area (Å²) in [7, 11) is -0.747. The Morgan fingerprint density at radius 2 is 1.14 bits per heavy atom. The molecule has 5 heteroatoms. The normalized spacial score (nSPS) is 20.6. The summed E-state index contributed by atoms with van der Waals surface area (Å²) in [4.78, 5) is 0. The van der Waals surface area contributed by atoms with Gasteiger partial charge in [-0.1, -0.05) is 67.0 Å². The van der Waals surface area contributed by atoms with E-state index in [4.69, 9.17) is 18.9 Å². The lowest BCUT2D eigenvalue weighted by Gasteiger charge is -2.33. The second kappa shape index (κ2) is 15.1. The first kappa shape index (κ1) is 34.3. The monoisotopic (exact) mass is 610 g/mol. The maximum atomic E-state index is 6.92. The molecule has 43 heavy (non-hydrogen) atoms. The number of unbranched alkanes of at least 4 members (excludes halogenated alkanes) is 1. The summed E-state index contributed by atoms with van der Waals surface area (Å²) in [6, 6.07) is 9.53. The van der Waals surface area contributed by atoms with Crippen molar-refractivity contribution in [2.45, 2.75) is 137 Å². The van der Waals surface area contributed by atoms with E-state index in [-0.39, 0.29) is 23.0 Å². The van der Waals surface area contributed by atoms with Crippen molar-refractivity contribution in [2.75, 3.05) is 32.6 Å². The number of ether oxygens (including phenoxy) is 4. The molecule has 0 saturated carbocycles. The SMILES string of the molecule is CCCCP(c1cc(C)cc(C(C)(C)C)c1OCC1CCCCO1)c1cc(C)cc(C(C)(C)C)c1OCC1CCCCO1. The molecule has 2 heterocycles. The van der Waals surface area contributed by atoms with E-state index in [1.54, 1.807) is 0 Å². The van der Waals surface area contributed by atoms with E-state index < -0.39 is 7.92 Å². The van der Waals surface area contributed by atoms with Crippen LogP contribution in [0.2, 0.25) is 0 Å². The average molecular weight is 611 g/mol. The van der Waals surface area contributed by atoms with Gasteiger partial charge in [0.2, 0.25) is 0 Å². The summed E-state index contributed by atoms with van der Waals surface area (Å²) >= 11 is 0. The van der Waals surface area contributed by atoms with Crippen molar-refractivity contribution >= 4 is 18.5 Å². The van der Waals surface area contributed by atoms with Gasteiger partial charge in [-0.15, -0.1) is 0 Å². The van der Waals surface area contributed by atoms with Gasteiger partial charge in [0.25, 0.3) is 0 Å². The molecule has 2 aliphatic heterocycles. The summed E-state index contributed by atoms with van der Waals surface area (Å²) in [5, 5.41) is 2.71. The van der Waals surface area contributed by atoms with Crippen LogP contribution in [0, 0.1) is 13.8 Å². The van der Waals surface area contributed by atoms with E-state index >= 15 is 0 Å². The summed E-state index contributed by atoms with van der Waals surface area (Å²) in [6.45, 7) is 23.6. The van der Waals surface area contributed by atoms with Crippen molar-refractivity contribution in [3.8, 4) is 11.5 Å². The molecule has 2 aromatic rings. The fraction of sp³-hybridized carbons (Fsp3) is 0.684. The van der Waals surface area contributed by atoms with Crippen LogP contribution in [0.25, 0.3) is 0 Å². The number of aryl methyl sites for hydroxylation is 2. The molecule has 2 saturated heterocycles. The lowest BCUT2D eigenvalue weighted by molar-refractivity contribution is -0.0111. The molecule has 4 rings (SSSR count). The molecule has 2 aromatic carbocycles. The van der Waals surface area contributed by atoms with Gasteiger partial charge >= 0.3 is 0 Å². The minimum absolute atomic E-state index is 0.0455. The first-order chi connectivity index (χ1) is 20.4. The quantitative estimate of drug-likeness (QED) is 0.238. The van der Waals surface area contributed by atoms with Gasteiger partial charge in [-0.3, -0.25) is 0 Å². The predicted octanol–water partition coefficient (Wildman–Crippen LogP) is 9.03. The molecule has 2 fully saturated rings. The van der Waals surface area contributed by atoms with Crippen molar-refractivity contribution in [2.24, 2.45) is 0 Å². The molecular formula is C38H59O4P. The number of benzene rings is 2. The van der Waals surface area contributed by atoms with Gasteiger partial charge < -0.3 is 18.9 Å². The van der Waals surface area contributed by atoms with Gasteiger partial charge in [-0.2, -0.15) is 0 Å². The van der Waals surface area contributed by atoms with Crippen LogP contribution in [0.1, 0.15) is 122 Å². The molecule has 0 aliphatic carbocycles. The van der Waals surface area contributed by atoms with Crippen molar-refractivity contribution < 1.29 is 18.9 Å². The molecule has 2 unspecified atom stereocenters. The van der Waals surface area contributed by atoms with E-state index in [0.29, 0.717) is 13.2 Å². The van der Waals surface area contributed by atoms with Crippen LogP contribution in [0.15, 0.2) is 24.3 Å². The highest BCUT2D eigenvalue weighted by atomic mass is 31.1. The molecule has 2 atom stereocenters. The highest BCUT2D eigenvalue weighted by Crippen LogP contribution is 2.47. The third-order valence-electron chi connectivity index (χ3n) is 8.74. The Morgan fingerprint density at radius 3 is 1.49 bits per heavy atom. The number of rotatable bonds is 11. The van der Waals surface area contributed by atoms with E-state index in [2.05, 4.69) is 86.6 Å². The molecule has 0 aromatic heterocycles. The highest BCUT2D eigenvalue weighted by molar-refractivity contribution is 7.73. The van der Waals surface area contributed by atoms with E-state index in [9.17, 15) is 0 Å². The van der Waals surface area contributed by atoms with Crippen LogP contribution in [0.5, 0.6) is 11.5 Å². The van der Waals surface area contributed by atoms with Gasteiger partial charge in [0.1, 0.15) is 24.7 Å². The maximum absolute atomic E-state index is 6.92. The topological polar surface area (TPSA) is 36.9 Å². The smallest absolute Gasteiger partial charge is 0.131 e. The third-order valence-corrected chi connectivity index (χ3v) is 11.3. The Balaban J connectivity index is 1.87. The summed E-state index contributed by atoms with van der Waals surface area (Å²) in [5.74, 6) is 2.16. The number of hydrogen-bond acceptors (Lipinski definition) is 4. The average Bonchev–Trinajstić information content (AvgIpc) is 2.96. The molecule has 0 amide bonds. The lowest BCUT2D eigenvalue weighted by Crippen LogP contribution is -2.31. The van der Waals surface area contributed by atoms with Crippen molar-refractivity contribution in [3.05, 3.63) is 46.5 Å².